The van der Waals surface area contributed by atoms with Crippen LogP contribution in [0.4, 0.5) is 0 Å². The Morgan fingerprint density at radius 3 is 1.97 bits per heavy atom. The summed E-state index contributed by atoms with van der Waals surface area (Å²) in [7, 11) is 1.61. The van der Waals surface area contributed by atoms with Crippen LogP contribution in [0.25, 0.3) is 0 Å². The Morgan fingerprint density at radius 2 is 1.37 bits per heavy atom. The van der Waals surface area contributed by atoms with Crippen molar-refractivity contribution in [3.05, 3.63) is 108 Å². The van der Waals surface area contributed by atoms with Gasteiger partial charge in [0, 0.05) is 26.0 Å². The van der Waals surface area contributed by atoms with Gasteiger partial charge in [0.05, 0.1) is 30.2 Å². The predicted molar refractivity (Wildman–Crippen MR) is 271 cm³/mol. The molecule has 22 heteroatoms. The fourth-order valence-electron chi connectivity index (χ4n) is 7.61. The summed E-state index contributed by atoms with van der Waals surface area (Å²) < 4.78 is 5.81. The Bertz CT molecular complexity index is 2360. The van der Waals surface area contributed by atoms with Crippen LogP contribution in [0.1, 0.15) is 77.3 Å². The Kier molecular flexibility index (Phi) is 24.5. The van der Waals surface area contributed by atoms with Gasteiger partial charge in [0.15, 0.2) is 5.96 Å². The minimum atomic E-state index is -1.88. The number of hydrogen-bond donors (Lipinski definition) is 11. The minimum absolute atomic E-state index is 0.0218. The maximum absolute atomic E-state index is 14.3. The molecular formula is C51H70N10O12. The number of carbonyl (C=O) groups excluding carboxylic acids is 7. The van der Waals surface area contributed by atoms with Crippen molar-refractivity contribution in [2.45, 2.75) is 121 Å². The van der Waals surface area contributed by atoms with E-state index in [0.717, 1.165) is 11.1 Å². The molecule has 0 spiro atoms. The highest BCUT2D eigenvalue weighted by atomic mass is 16.5. The molecule has 1 heterocycles. The number of ether oxygens (including phenoxy) is 1. The number of nitrogens with zero attached hydrogens (tertiary/aromatic N) is 1. The molecule has 2 aromatic rings. The summed E-state index contributed by atoms with van der Waals surface area (Å²) in [5, 5.41) is 37.5. The third kappa shape index (κ3) is 21.2. The van der Waals surface area contributed by atoms with Crippen molar-refractivity contribution in [2.24, 2.45) is 28.3 Å². The van der Waals surface area contributed by atoms with Crippen LogP contribution in [0.3, 0.4) is 0 Å². The van der Waals surface area contributed by atoms with Crippen molar-refractivity contribution >= 4 is 59.2 Å². The van der Waals surface area contributed by atoms with E-state index in [0.29, 0.717) is 12.0 Å². The molecular weight excluding hydrogens is 945 g/mol. The van der Waals surface area contributed by atoms with Crippen LogP contribution in [0.2, 0.25) is 0 Å². The summed E-state index contributed by atoms with van der Waals surface area (Å²) >= 11 is 0. The van der Waals surface area contributed by atoms with E-state index in [1.165, 1.54) is 19.9 Å². The number of nitrogens with two attached hydrogens (primary N) is 2. The highest BCUT2D eigenvalue weighted by Crippen LogP contribution is 2.18. The van der Waals surface area contributed by atoms with Gasteiger partial charge in [-0.15, -0.1) is 0 Å². The molecule has 22 nitrogen and oxygen atoms in total. The van der Waals surface area contributed by atoms with Crippen molar-refractivity contribution in [2.75, 3.05) is 13.7 Å². The first kappa shape index (κ1) is 59.4. The van der Waals surface area contributed by atoms with Gasteiger partial charge in [-0.25, -0.2) is 9.59 Å². The summed E-state index contributed by atoms with van der Waals surface area (Å²) in [6.07, 6.45) is 3.85. The molecule has 0 aromatic heterocycles. The van der Waals surface area contributed by atoms with Crippen LogP contribution in [0, 0.1) is 11.8 Å². The summed E-state index contributed by atoms with van der Waals surface area (Å²) in [6, 6.07) is 9.77. The second-order valence-electron chi connectivity index (χ2n) is 17.8. The van der Waals surface area contributed by atoms with Gasteiger partial charge in [-0.3, -0.25) is 38.6 Å². The number of rotatable bonds is 16. The highest BCUT2D eigenvalue weighted by molar-refractivity contribution is 6.00. The van der Waals surface area contributed by atoms with E-state index in [2.05, 4.69) is 48.8 Å². The largest absolute Gasteiger partial charge is 0.480 e. The van der Waals surface area contributed by atoms with Crippen LogP contribution in [-0.4, -0.2) is 125 Å². The zero-order chi connectivity index (χ0) is 54.2. The van der Waals surface area contributed by atoms with Crippen LogP contribution in [0.5, 0.6) is 0 Å². The summed E-state index contributed by atoms with van der Waals surface area (Å²) in [4.78, 5) is 124. The van der Waals surface area contributed by atoms with E-state index < -0.39 is 120 Å². The van der Waals surface area contributed by atoms with Crippen molar-refractivity contribution in [1.29, 1.82) is 0 Å². The Balaban J connectivity index is 2.07. The molecule has 9 atom stereocenters. The van der Waals surface area contributed by atoms with Gasteiger partial charge in [0.2, 0.25) is 35.4 Å². The number of allylic oxidation sites excluding steroid dienone is 2. The standard InChI is InChI=1S/C51H70N10O12/c1-29(26-30(2)41(73-6)27-35-16-11-8-12-17-35)19-21-36-31(3)44(64)60-39(49(69)70)23-24-42(62)55-32(4)45(65)56-33(5)46(66)59-38(22-20-34-14-9-7-10-15-34)48(68)61-40(50(71)72)28-43(63)57-37(47(67)58-36)18-13-25-54-51(52)53/h7-12,14-17,19,21,26,30-31,33,36-41H,4,13,18,20,22-25,27-28H2,1-3,5-6H3,(H,55,62)(H,56,65)(H,57,63)(H,58,67)(H,59,66)(H,60,64)(H,61,68)(H,69,70)(H,71,72)(H4,52,53,54)/b21-19+,29-26+/t30-,31-,33+,36-,37-,38-,39+,40+,41-/m0/s1. The average molecular weight is 1020 g/mol. The van der Waals surface area contributed by atoms with E-state index in [9.17, 15) is 53.4 Å². The molecule has 0 radical (unpaired) electrons. The number of guanidine groups is 1. The lowest BCUT2D eigenvalue weighted by Gasteiger charge is -2.27. The number of carboxylic acid groups (broad SMARTS) is 2. The number of carboxylic acids is 2. The number of aryl methyl sites for hydroxylation is 1. The third-order valence-corrected chi connectivity index (χ3v) is 11.9. The monoisotopic (exact) mass is 1010 g/mol. The molecule has 396 valence electrons. The molecule has 1 saturated heterocycles. The Hall–Kier alpha value is -7.88. The molecule has 1 fully saturated rings. The summed E-state index contributed by atoms with van der Waals surface area (Å²) in [5.74, 6) is -11.1. The molecule has 3 rings (SSSR count). The molecule has 0 unspecified atom stereocenters. The molecule has 7 amide bonds. The highest BCUT2D eigenvalue weighted by Gasteiger charge is 2.34. The molecule has 13 N–H and O–H groups in total. The fourth-order valence-corrected chi connectivity index (χ4v) is 7.61. The van der Waals surface area contributed by atoms with Crippen molar-refractivity contribution in [1.82, 2.24) is 37.2 Å². The zero-order valence-corrected chi connectivity index (χ0v) is 41.9. The van der Waals surface area contributed by atoms with Crippen LogP contribution in [0.15, 0.2) is 102 Å². The average Bonchev–Trinajstić information content (AvgIpc) is 3.34. The van der Waals surface area contributed by atoms with Gasteiger partial charge in [-0.2, -0.15) is 0 Å². The fraction of sp³-hybridized carbons (Fsp3) is 0.451. The van der Waals surface area contributed by atoms with Gasteiger partial charge in [0.1, 0.15) is 30.2 Å². The number of nitrogens with one attached hydrogen (secondary N) is 7. The minimum Gasteiger partial charge on any atom is -0.480 e. The predicted octanol–water partition coefficient (Wildman–Crippen LogP) is 0.617. The van der Waals surface area contributed by atoms with E-state index in [1.807, 2.05) is 43.3 Å². The number of carbonyl (C=O) groups is 9. The molecule has 73 heavy (non-hydrogen) atoms. The summed E-state index contributed by atoms with van der Waals surface area (Å²) in [6.45, 7) is 10.0. The number of benzene rings is 2. The van der Waals surface area contributed by atoms with Crippen LogP contribution in [-0.2, 0) is 60.7 Å². The SMILES string of the molecule is C=C1NC(=O)CC[C@H](C(=O)O)NC(=O)[C@@H](C)[C@H](/C=C/C(C)=C/[C@H](C)[C@H](Cc2ccccc2)OC)NC(=O)[C@H](CCCN=C(N)N)NC(=O)C[C@H](C(=O)O)NC(=O)[C@H](CCc2ccccc2)NC(=O)[C@@H](C)NC1=O. The van der Waals surface area contributed by atoms with Crippen molar-refractivity contribution in [3.63, 3.8) is 0 Å². The second kappa shape index (κ2) is 30.1. The van der Waals surface area contributed by atoms with Crippen LogP contribution < -0.4 is 48.7 Å². The van der Waals surface area contributed by atoms with E-state index in [4.69, 9.17) is 16.2 Å². The van der Waals surface area contributed by atoms with Gasteiger partial charge in [-0.05, 0) is 63.5 Å². The molecule has 0 saturated carbocycles. The second-order valence-corrected chi connectivity index (χ2v) is 17.8. The van der Waals surface area contributed by atoms with E-state index >= 15 is 0 Å². The molecule has 1 aliphatic heterocycles. The zero-order valence-electron chi connectivity index (χ0n) is 41.9. The first-order valence-corrected chi connectivity index (χ1v) is 23.9. The smallest absolute Gasteiger partial charge is 0.326 e. The number of aliphatic carboxylic acids is 2. The third-order valence-electron chi connectivity index (χ3n) is 11.9. The van der Waals surface area contributed by atoms with Gasteiger partial charge in [-0.1, -0.05) is 105 Å². The molecule has 2 aromatic carbocycles. The first-order chi connectivity index (χ1) is 34.6. The Labute approximate surface area is 424 Å². The quantitative estimate of drug-likeness (QED) is 0.0361. The molecule has 0 aliphatic carbocycles. The number of aliphatic imine (C=N–C) groups is 1. The topological polar surface area (TPSA) is 352 Å². The van der Waals surface area contributed by atoms with Gasteiger partial charge in [0.25, 0.3) is 5.91 Å². The normalized spacial score (nSPS) is 23.6. The lowest BCUT2D eigenvalue weighted by molar-refractivity contribution is -0.144. The van der Waals surface area contributed by atoms with Crippen molar-refractivity contribution in [3.8, 4) is 0 Å². The Morgan fingerprint density at radius 1 is 0.781 bits per heavy atom. The number of amides is 7. The van der Waals surface area contributed by atoms with Crippen molar-refractivity contribution < 1.29 is 58.1 Å². The van der Waals surface area contributed by atoms with Gasteiger partial charge < -0.3 is 63.6 Å². The number of methoxy groups -OCH3 is 1. The lowest BCUT2D eigenvalue weighted by atomic mass is 9.94. The maximum atomic E-state index is 14.3. The van der Waals surface area contributed by atoms with Gasteiger partial charge >= 0.3 is 11.9 Å². The van der Waals surface area contributed by atoms with Crippen LogP contribution >= 0.6 is 0 Å². The van der Waals surface area contributed by atoms with E-state index in [1.54, 1.807) is 50.4 Å². The number of hydrogen-bond acceptors (Lipinski definition) is 11. The molecule has 1 aliphatic rings. The summed E-state index contributed by atoms with van der Waals surface area (Å²) in [5.41, 5.74) is 13.0. The van der Waals surface area contributed by atoms with E-state index in [-0.39, 0.29) is 50.2 Å². The lowest BCUT2D eigenvalue weighted by Crippen LogP contribution is -2.56. The first-order valence-electron chi connectivity index (χ1n) is 23.9. The maximum Gasteiger partial charge on any atom is 0.326 e. The molecule has 0 bridgehead atoms.